The summed E-state index contributed by atoms with van der Waals surface area (Å²) in [5.41, 5.74) is 1.36. The van der Waals surface area contributed by atoms with Crippen molar-refractivity contribution in [2.24, 2.45) is 5.92 Å². The minimum atomic E-state index is 0.439. The van der Waals surface area contributed by atoms with Crippen molar-refractivity contribution < 1.29 is 0 Å². The van der Waals surface area contributed by atoms with Crippen molar-refractivity contribution in [3.05, 3.63) is 34.3 Å². The molecule has 1 atom stereocenters. The third-order valence-corrected chi connectivity index (χ3v) is 3.77. The molecule has 0 aliphatic heterocycles. The molecule has 1 aromatic rings. The lowest BCUT2D eigenvalue weighted by Gasteiger charge is -2.18. The number of hydrogen-bond acceptors (Lipinski definition) is 1. The van der Waals surface area contributed by atoms with Gasteiger partial charge in [0.1, 0.15) is 0 Å². The predicted octanol–water partition coefficient (Wildman–Crippen LogP) is 4.54. The van der Waals surface area contributed by atoms with Crippen LogP contribution in [0.25, 0.3) is 0 Å². The van der Waals surface area contributed by atoms with Crippen molar-refractivity contribution >= 4 is 15.9 Å². The van der Waals surface area contributed by atoms with Crippen LogP contribution >= 0.6 is 15.9 Å². The smallest absolute Gasteiger partial charge is 0.0291 e. The van der Waals surface area contributed by atoms with E-state index < -0.39 is 0 Å². The molecular formula is C14H22BrN. The summed E-state index contributed by atoms with van der Waals surface area (Å²) in [7, 11) is 0. The molecule has 0 aliphatic carbocycles. The van der Waals surface area contributed by atoms with E-state index in [0.717, 1.165) is 16.9 Å². The lowest BCUT2D eigenvalue weighted by Crippen LogP contribution is -2.25. The van der Waals surface area contributed by atoms with Gasteiger partial charge in [0.05, 0.1) is 0 Å². The molecular weight excluding hydrogens is 262 g/mol. The van der Waals surface area contributed by atoms with Gasteiger partial charge >= 0.3 is 0 Å². The lowest BCUT2D eigenvalue weighted by atomic mass is 10.0. The Morgan fingerprint density at radius 2 is 1.69 bits per heavy atom. The van der Waals surface area contributed by atoms with Crippen molar-refractivity contribution in [3.63, 3.8) is 0 Å². The highest BCUT2D eigenvalue weighted by Gasteiger charge is 2.07. The van der Waals surface area contributed by atoms with E-state index in [-0.39, 0.29) is 0 Å². The molecule has 0 saturated carbocycles. The zero-order valence-electron chi connectivity index (χ0n) is 10.5. The molecule has 90 valence electrons. The number of nitrogens with one attached hydrogen (secondary N) is 1. The van der Waals surface area contributed by atoms with Gasteiger partial charge in [0.25, 0.3) is 0 Å². The molecule has 0 fully saturated rings. The van der Waals surface area contributed by atoms with Gasteiger partial charge in [0.15, 0.2) is 0 Å². The highest BCUT2D eigenvalue weighted by molar-refractivity contribution is 9.10. The summed E-state index contributed by atoms with van der Waals surface area (Å²) in [6.07, 6.45) is 2.52. The van der Waals surface area contributed by atoms with E-state index in [0.29, 0.717) is 6.04 Å². The molecule has 1 N–H and O–H groups in total. The fourth-order valence-corrected chi connectivity index (χ4v) is 2.05. The highest BCUT2D eigenvalue weighted by atomic mass is 79.9. The van der Waals surface area contributed by atoms with E-state index >= 15 is 0 Å². The minimum Gasteiger partial charge on any atom is -0.310 e. The van der Waals surface area contributed by atoms with E-state index in [1.54, 1.807) is 0 Å². The van der Waals surface area contributed by atoms with Crippen LogP contribution in [0.1, 0.15) is 45.2 Å². The predicted molar refractivity (Wildman–Crippen MR) is 74.6 cm³/mol. The van der Waals surface area contributed by atoms with E-state index in [4.69, 9.17) is 0 Å². The molecule has 0 heterocycles. The normalized spacial score (nSPS) is 13.1. The summed E-state index contributed by atoms with van der Waals surface area (Å²) in [6, 6.07) is 8.99. The van der Waals surface area contributed by atoms with Gasteiger partial charge in [-0.2, -0.15) is 0 Å². The van der Waals surface area contributed by atoms with E-state index in [9.17, 15) is 0 Å². The zero-order chi connectivity index (χ0) is 12.0. The largest absolute Gasteiger partial charge is 0.310 e. The zero-order valence-corrected chi connectivity index (χ0v) is 12.0. The first-order valence-corrected chi connectivity index (χ1v) is 6.95. The Morgan fingerprint density at radius 1 is 1.12 bits per heavy atom. The fourth-order valence-electron chi connectivity index (χ4n) is 1.79. The van der Waals surface area contributed by atoms with Crippen molar-refractivity contribution in [2.45, 2.75) is 39.7 Å². The summed E-state index contributed by atoms with van der Waals surface area (Å²) in [4.78, 5) is 0. The lowest BCUT2D eigenvalue weighted by molar-refractivity contribution is 0.422. The van der Waals surface area contributed by atoms with Crippen LogP contribution in [0.15, 0.2) is 28.7 Å². The summed E-state index contributed by atoms with van der Waals surface area (Å²) in [6.45, 7) is 7.87. The van der Waals surface area contributed by atoms with Gasteiger partial charge in [-0.05, 0) is 37.1 Å². The van der Waals surface area contributed by atoms with Crippen LogP contribution < -0.4 is 5.32 Å². The average Bonchev–Trinajstić information content (AvgIpc) is 2.31. The molecule has 0 amide bonds. The van der Waals surface area contributed by atoms with Crippen LogP contribution in [-0.2, 0) is 0 Å². The topological polar surface area (TPSA) is 12.0 Å². The van der Waals surface area contributed by atoms with Gasteiger partial charge in [-0.15, -0.1) is 0 Å². The second-order valence-corrected chi connectivity index (χ2v) is 5.28. The molecule has 0 bridgehead atoms. The SMILES string of the molecule is CCC(CC)CN[C@@H](C)c1ccc(Br)cc1. The van der Waals surface area contributed by atoms with Crippen molar-refractivity contribution in [2.75, 3.05) is 6.54 Å². The Bertz CT molecular complexity index is 290. The van der Waals surface area contributed by atoms with Gasteiger partial charge in [-0.3, -0.25) is 0 Å². The first kappa shape index (κ1) is 13.7. The summed E-state index contributed by atoms with van der Waals surface area (Å²) < 4.78 is 1.14. The molecule has 2 heteroatoms. The Labute approximate surface area is 108 Å². The first-order chi connectivity index (χ1) is 7.67. The van der Waals surface area contributed by atoms with E-state index in [2.05, 4.69) is 66.3 Å². The standard InChI is InChI=1S/C14H22BrN/c1-4-12(5-2)10-16-11(3)13-6-8-14(15)9-7-13/h6-9,11-12,16H,4-5,10H2,1-3H3/t11-/m0/s1. The van der Waals surface area contributed by atoms with Crippen molar-refractivity contribution in [1.29, 1.82) is 0 Å². The molecule has 0 aliphatic rings. The second-order valence-electron chi connectivity index (χ2n) is 4.36. The molecule has 1 rings (SSSR count). The number of benzene rings is 1. The van der Waals surface area contributed by atoms with E-state index in [1.165, 1.54) is 18.4 Å². The van der Waals surface area contributed by atoms with Gasteiger partial charge < -0.3 is 5.32 Å². The Hall–Kier alpha value is -0.340. The Balaban J connectivity index is 2.46. The molecule has 16 heavy (non-hydrogen) atoms. The van der Waals surface area contributed by atoms with Gasteiger partial charge in [0.2, 0.25) is 0 Å². The third kappa shape index (κ3) is 4.26. The minimum absolute atomic E-state index is 0.439. The quantitative estimate of drug-likeness (QED) is 0.809. The van der Waals surface area contributed by atoms with Gasteiger partial charge in [-0.1, -0.05) is 54.8 Å². The Morgan fingerprint density at radius 3 is 2.19 bits per heavy atom. The molecule has 0 radical (unpaired) electrons. The molecule has 0 saturated heterocycles. The second kappa shape index (κ2) is 7.08. The van der Waals surface area contributed by atoms with Crippen LogP contribution in [-0.4, -0.2) is 6.54 Å². The number of hydrogen-bond donors (Lipinski definition) is 1. The molecule has 1 nitrogen and oxygen atoms in total. The van der Waals surface area contributed by atoms with Crippen LogP contribution in [0.5, 0.6) is 0 Å². The maximum Gasteiger partial charge on any atom is 0.0291 e. The molecule has 0 spiro atoms. The summed E-state index contributed by atoms with van der Waals surface area (Å²) in [5, 5.41) is 3.60. The van der Waals surface area contributed by atoms with Crippen molar-refractivity contribution in [3.8, 4) is 0 Å². The van der Waals surface area contributed by atoms with Gasteiger partial charge in [0, 0.05) is 10.5 Å². The first-order valence-electron chi connectivity index (χ1n) is 6.16. The van der Waals surface area contributed by atoms with Crippen LogP contribution in [0.3, 0.4) is 0 Å². The fraction of sp³-hybridized carbons (Fsp3) is 0.571. The monoisotopic (exact) mass is 283 g/mol. The maximum atomic E-state index is 3.60. The van der Waals surface area contributed by atoms with E-state index in [1.807, 2.05) is 0 Å². The Kier molecular flexibility index (Phi) is 6.07. The average molecular weight is 284 g/mol. The molecule has 0 aromatic heterocycles. The van der Waals surface area contributed by atoms with Crippen LogP contribution in [0, 0.1) is 5.92 Å². The highest BCUT2D eigenvalue weighted by Crippen LogP contribution is 2.17. The van der Waals surface area contributed by atoms with Gasteiger partial charge in [-0.25, -0.2) is 0 Å². The summed E-state index contributed by atoms with van der Waals surface area (Å²) in [5.74, 6) is 0.804. The third-order valence-electron chi connectivity index (χ3n) is 3.24. The number of rotatable bonds is 6. The van der Waals surface area contributed by atoms with Crippen molar-refractivity contribution in [1.82, 2.24) is 5.32 Å². The molecule has 1 aromatic carbocycles. The van der Waals surface area contributed by atoms with Crippen LogP contribution in [0.2, 0.25) is 0 Å². The summed E-state index contributed by atoms with van der Waals surface area (Å²) >= 11 is 3.46. The molecule has 0 unspecified atom stereocenters. The van der Waals surface area contributed by atoms with Crippen LogP contribution in [0.4, 0.5) is 0 Å². The number of halogens is 1. The maximum absolute atomic E-state index is 3.60.